The molecule has 0 unspecified atom stereocenters. The number of carbonyl (C=O) groups excluding carboxylic acids is 2. The Bertz CT molecular complexity index is 476. The first-order chi connectivity index (χ1) is 10.1. The standard InChI is InChI=1S/C16H22N2O3/c1-18-9-10-21-14(12-18)11-17-16(20)8-7-15(19)13-5-3-2-4-6-13/h2-6,14H,7-12H2,1H3,(H,17,20)/t14-/m1/s1. The zero-order chi connectivity index (χ0) is 15.1. The van der Waals surface area contributed by atoms with Crippen molar-refractivity contribution < 1.29 is 14.3 Å². The molecular formula is C16H22N2O3. The zero-order valence-electron chi connectivity index (χ0n) is 12.4. The molecule has 0 bridgehead atoms. The van der Waals surface area contributed by atoms with Crippen LogP contribution in [0.5, 0.6) is 0 Å². The second kappa shape index (κ2) is 7.90. The Hall–Kier alpha value is -1.72. The molecule has 1 aliphatic heterocycles. The molecule has 1 aromatic carbocycles. The van der Waals surface area contributed by atoms with E-state index >= 15 is 0 Å². The van der Waals surface area contributed by atoms with Gasteiger partial charge in [-0.2, -0.15) is 0 Å². The van der Waals surface area contributed by atoms with Gasteiger partial charge in [0.25, 0.3) is 0 Å². The minimum Gasteiger partial charge on any atom is -0.374 e. The Labute approximate surface area is 125 Å². The summed E-state index contributed by atoms with van der Waals surface area (Å²) in [5.74, 6) is -0.101. The van der Waals surface area contributed by atoms with Gasteiger partial charge in [-0.05, 0) is 7.05 Å². The van der Waals surface area contributed by atoms with Crippen molar-refractivity contribution in [2.45, 2.75) is 18.9 Å². The van der Waals surface area contributed by atoms with Gasteiger partial charge in [-0.15, -0.1) is 0 Å². The third kappa shape index (κ3) is 5.28. The maximum atomic E-state index is 11.9. The highest BCUT2D eigenvalue weighted by Gasteiger charge is 2.18. The number of nitrogens with one attached hydrogen (secondary N) is 1. The summed E-state index contributed by atoms with van der Waals surface area (Å²) in [6.45, 7) is 2.95. The summed E-state index contributed by atoms with van der Waals surface area (Å²) >= 11 is 0. The monoisotopic (exact) mass is 290 g/mol. The average molecular weight is 290 g/mol. The summed E-state index contributed by atoms with van der Waals surface area (Å²) in [6, 6.07) is 9.05. The molecule has 5 nitrogen and oxygen atoms in total. The van der Waals surface area contributed by atoms with Crippen molar-refractivity contribution >= 4 is 11.7 Å². The lowest BCUT2D eigenvalue weighted by Crippen LogP contribution is -2.45. The van der Waals surface area contributed by atoms with E-state index in [1.807, 2.05) is 25.2 Å². The van der Waals surface area contributed by atoms with Crippen molar-refractivity contribution in [2.75, 3.05) is 33.3 Å². The summed E-state index contributed by atoms with van der Waals surface area (Å²) in [6.07, 6.45) is 0.495. The van der Waals surface area contributed by atoms with Crippen molar-refractivity contribution in [1.82, 2.24) is 10.2 Å². The van der Waals surface area contributed by atoms with Gasteiger partial charge >= 0.3 is 0 Å². The molecule has 0 aliphatic carbocycles. The largest absolute Gasteiger partial charge is 0.374 e. The quantitative estimate of drug-likeness (QED) is 0.797. The molecule has 1 aromatic rings. The van der Waals surface area contributed by atoms with Gasteiger partial charge in [0.05, 0.1) is 12.7 Å². The van der Waals surface area contributed by atoms with E-state index in [-0.39, 0.29) is 30.6 Å². The molecule has 0 radical (unpaired) electrons. The number of rotatable bonds is 6. The van der Waals surface area contributed by atoms with Gasteiger partial charge in [-0.25, -0.2) is 0 Å². The van der Waals surface area contributed by atoms with Crippen molar-refractivity contribution in [1.29, 1.82) is 0 Å². The number of hydrogen-bond donors (Lipinski definition) is 1. The lowest BCUT2D eigenvalue weighted by molar-refractivity contribution is -0.122. The fourth-order valence-corrected chi connectivity index (χ4v) is 2.30. The third-order valence-electron chi connectivity index (χ3n) is 3.54. The molecule has 0 spiro atoms. The maximum absolute atomic E-state index is 11.9. The smallest absolute Gasteiger partial charge is 0.220 e. The van der Waals surface area contributed by atoms with Crippen LogP contribution in [-0.4, -0.2) is 56.0 Å². The Balaban J connectivity index is 1.67. The van der Waals surface area contributed by atoms with Crippen molar-refractivity contribution in [3.63, 3.8) is 0 Å². The lowest BCUT2D eigenvalue weighted by Gasteiger charge is -2.30. The predicted octanol–water partition coefficient (Wildman–Crippen LogP) is 1.10. The summed E-state index contributed by atoms with van der Waals surface area (Å²) < 4.78 is 5.57. The molecule has 114 valence electrons. The van der Waals surface area contributed by atoms with Crippen LogP contribution in [0, 0.1) is 0 Å². The Morgan fingerprint density at radius 2 is 2.05 bits per heavy atom. The summed E-state index contributed by atoms with van der Waals surface area (Å²) in [5.41, 5.74) is 0.655. The predicted molar refractivity (Wildman–Crippen MR) is 80.3 cm³/mol. The molecule has 0 aromatic heterocycles. The SMILES string of the molecule is CN1CCO[C@H](CNC(=O)CCC(=O)c2ccccc2)C1. The Morgan fingerprint density at radius 3 is 2.76 bits per heavy atom. The van der Waals surface area contributed by atoms with Crippen molar-refractivity contribution in [3.8, 4) is 0 Å². The Kier molecular flexibility index (Phi) is 5.90. The average Bonchev–Trinajstić information content (AvgIpc) is 2.51. The fraction of sp³-hybridized carbons (Fsp3) is 0.500. The topological polar surface area (TPSA) is 58.6 Å². The molecule has 1 aliphatic rings. The highest BCUT2D eigenvalue weighted by molar-refractivity contribution is 5.97. The number of ether oxygens (including phenoxy) is 1. The zero-order valence-corrected chi connectivity index (χ0v) is 12.4. The van der Waals surface area contributed by atoms with Crippen LogP contribution < -0.4 is 5.32 Å². The van der Waals surface area contributed by atoms with E-state index in [4.69, 9.17) is 4.74 Å². The second-order valence-electron chi connectivity index (χ2n) is 5.35. The lowest BCUT2D eigenvalue weighted by atomic mass is 10.1. The number of carbonyl (C=O) groups is 2. The molecule has 0 saturated carbocycles. The maximum Gasteiger partial charge on any atom is 0.220 e. The number of likely N-dealkylation sites (N-methyl/N-ethyl adjacent to an activating group) is 1. The van der Waals surface area contributed by atoms with Gasteiger partial charge in [-0.3, -0.25) is 9.59 Å². The number of nitrogens with zero attached hydrogens (tertiary/aromatic N) is 1. The van der Waals surface area contributed by atoms with E-state index in [1.165, 1.54) is 0 Å². The number of morpholine rings is 1. The van der Waals surface area contributed by atoms with E-state index in [1.54, 1.807) is 12.1 Å². The first kappa shape index (κ1) is 15.7. The normalized spacial score (nSPS) is 19.2. The number of Topliss-reactive ketones (excluding diaryl/α,β-unsaturated/α-hetero) is 1. The third-order valence-corrected chi connectivity index (χ3v) is 3.54. The van der Waals surface area contributed by atoms with Gasteiger partial charge in [-0.1, -0.05) is 30.3 Å². The Morgan fingerprint density at radius 1 is 1.29 bits per heavy atom. The highest BCUT2D eigenvalue weighted by Crippen LogP contribution is 2.05. The number of benzene rings is 1. The van der Waals surface area contributed by atoms with Gasteiger partial charge in [0.15, 0.2) is 5.78 Å². The van der Waals surface area contributed by atoms with Crippen LogP contribution in [0.3, 0.4) is 0 Å². The minimum absolute atomic E-state index is 0.000556. The van der Waals surface area contributed by atoms with Crippen molar-refractivity contribution in [2.24, 2.45) is 0 Å². The van der Waals surface area contributed by atoms with E-state index < -0.39 is 0 Å². The van der Waals surface area contributed by atoms with E-state index in [9.17, 15) is 9.59 Å². The van der Waals surface area contributed by atoms with E-state index in [0.29, 0.717) is 18.7 Å². The van der Waals surface area contributed by atoms with E-state index in [0.717, 1.165) is 13.1 Å². The molecular weight excluding hydrogens is 268 g/mol. The van der Waals surface area contributed by atoms with Crippen LogP contribution >= 0.6 is 0 Å². The van der Waals surface area contributed by atoms with Crippen LogP contribution in [0.1, 0.15) is 23.2 Å². The first-order valence-corrected chi connectivity index (χ1v) is 7.30. The molecule has 1 amide bonds. The summed E-state index contributed by atoms with van der Waals surface area (Å²) in [7, 11) is 2.04. The molecule has 2 rings (SSSR count). The van der Waals surface area contributed by atoms with Crippen LogP contribution in [-0.2, 0) is 9.53 Å². The fourth-order valence-electron chi connectivity index (χ4n) is 2.30. The van der Waals surface area contributed by atoms with Crippen LogP contribution in [0.25, 0.3) is 0 Å². The van der Waals surface area contributed by atoms with Crippen LogP contribution in [0.15, 0.2) is 30.3 Å². The molecule has 1 atom stereocenters. The summed E-state index contributed by atoms with van der Waals surface area (Å²) in [4.78, 5) is 25.8. The van der Waals surface area contributed by atoms with Crippen LogP contribution in [0.4, 0.5) is 0 Å². The van der Waals surface area contributed by atoms with Gasteiger partial charge in [0, 0.05) is 38.0 Å². The second-order valence-corrected chi connectivity index (χ2v) is 5.35. The molecule has 5 heteroatoms. The molecule has 1 heterocycles. The van der Waals surface area contributed by atoms with Crippen molar-refractivity contribution in [3.05, 3.63) is 35.9 Å². The molecule has 1 saturated heterocycles. The van der Waals surface area contributed by atoms with Gasteiger partial charge in [0.2, 0.25) is 5.91 Å². The molecule has 1 fully saturated rings. The number of ketones is 1. The summed E-state index contributed by atoms with van der Waals surface area (Å²) in [5, 5.41) is 2.84. The first-order valence-electron chi connectivity index (χ1n) is 7.30. The van der Waals surface area contributed by atoms with Crippen LogP contribution in [0.2, 0.25) is 0 Å². The highest BCUT2D eigenvalue weighted by atomic mass is 16.5. The van der Waals surface area contributed by atoms with E-state index in [2.05, 4.69) is 10.2 Å². The number of amides is 1. The van der Waals surface area contributed by atoms with Gasteiger partial charge in [0.1, 0.15) is 0 Å². The van der Waals surface area contributed by atoms with Gasteiger partial charge < -0.3 is 15.0 Å². The molecule has 21 heavy (non-hydrogen) atoms. The minimum atomic E-state index is -0.101. The molecule has 1 N–H and O–H groups in total. The number of hydrogen-bond acceptors (Lipinski definition) is 4.